The molecule has 1 unspecified atom stereocenters. The van der Waals surface area contributed by atoms with Crippen LogP contribution in [0, 0.1) is 5.82 Å². The molecule has 0 aliphatic heterocycles. The summed E-state index contributed by atoms with van der Waals surface area (Å²) >= 11 is 0. The van der Waals surface area contributed by atoms with E-state index in [0.717, 1.165) is 12.1 Å². The third-order valence-corrected chi connectivity index (χ3v) is 3.80. The first-order valence-corrected chi connectivity index (χ1v) is 6.58. The van der Waals surface area contributed by atoms with E-state index >= 15 is 0 Å². The summed E-state index contributed by atoms with van der Waals surface area (Å²) in [7, 11) is -5.62. The number of benzene rings is 1. The zero-order chi connectivity index (χ0) is 14.8. The normalized spacial score (nSPS) is 13.9. The maximum Gasteiger partial charge on any atom is 0.501 e. The topological polar surface area (TPSA) is 46.2 Å². The van der Waals surface area contributed by atoms with Crippen LogP contribution in [0.1, 0.15) is 6.92 Å². The Morgan fingerprint density at radius 2 is 1.95 bits per heavy atom. The molecule has 3 nitrogen and oxygen atoms in total. The van der Waals surface area contributed by atoms with Crippen LogP contribution >= 0.6 is 0 Å². The van der Waals surface area contributed by atoms with Crippen molar-refractivity contribution in [1.29, 1.82) is 0 Å². The molecule has 1 rings (SSSR count). The van der Waals surface area contributed by atoms with Gasteiger partial charge in [0.1, 0.15) is 10.7 Å². The van der Waals surface area contributed by atoms with Gasteiger partial charge in [0.05, 0.1) is 5.69 Å². The molecular formula is C11H11F4NO2S. The first-order valence-electron chi connectivity index (χ1n) is 5.09. The third-order valence-electron chi connectivity index (χ3n) is 2.27. The SMILES string of the molecule is C=CC(C)Nc1ccc(F)cc1S(=O)(=O)C(F)(F)F. The van der Waals surface area contributed by atoms with Crippen LogP contribution in [0.25, 0.3) is 0 Å². The lowest BCUT2D eigenvalue weighted by Crippen LogP contribution is -2.25. The molecule has 0 amide bonds. The number of halogens is 4. The van der Waals surface area contributed by atoms with Crippen LogP contribution in [0.4, 0.5) is 23.2 Å². The van der Waals surface area contributed by atoms with E-state index in [0.29, 0.717) is 6.07 Å². The second-order valence-electron chi connectivity index (χ2n) is 3.76. The average Bonchev–Trinajstić information content (AvgIpc) is 2.29. The zero-order valence-electron chi connectivity index (χ0n) is 9.83. The van der Waals surface area contributed by atoms with Crippen molar-refractivity contribution in [3.63, 3.8) is 0 Å². The molecule has 0 aromatic heterocycles. The van der Waals surface area contributed by atoms with Crippen LogP contribution in [0.3, 0.4) is 0 Å². The molecule has 1 aromatic carbocycles. The summed E-state index contributed by atoms with van der Waals surface area (Å²) in [6.07, 6.45) is 1.37. The van der Waals surface area contributed by atoms with Gasteiger partial charge in [-0.1, -0.05) is 6.08 Å². The summed E-state index contributed by atoms with van der Waals surface area (Å²) in [4.78, 5) is -1.14. The van der Waals surface area contributed by atoms with E-state index < -0.39 is 32.1 Å². The van der Waals surface area contributed by atoms with Crippen LogP contribution in [0.15, 0.2) is 35.7 Å². The summed E-state index contributed by atoms with van der Waals surface area (Å²) in [5.41, 5.74) is -5.82. The number of rotatable bonds is 4. The first kappa shape index (κ1) is 15.5. The van der Waals surface area contributed by atoms with Crippen LogP contribution in [0.5, 0.6) is 0 Å². The van der Waals surface area contributed by atoms with E-state index in [9.17, 15) is 26.0 Å². The molecular weight excluding hydrogens is 286 g/mol. The van der Waals surface area contributed by atoms with Gasteiger partial charge in [-0.2, -0.15) is 13.2 Å². The van der Waals surface area contributed by atoms with Gasteiger partial charge in [0.15, 0.2) is 0 Å². The van der Waals surface area contributed by atoms with Gasteiger partial charge in [0.25, 0.3) is 9.84 Å². The molecule has 0 fully saturated rings. The molecule has 0 spiro atoms. The zero-order valence-corrected chi connectivity index (χ0v) is 10.6. The second kappa shape index (κ2) is 5.20. The molecule has 19 heavy (non-hydrogen) atoms. The molecule has 0 heterocycles. The number of anilines is 1. The van der Waals surface area contributed by atoms with Gasteiger partial charge in [0, 0.05) is 6.04 Å². The van der Waals surface area contributed by atoms with Crippen molar-refractivity contribution >= 4 is 15.5 Å². The van der Waals surface area contributed by atoms with Gasteiger partial charge in [-0.05, 0) is 25.1 Å². The van der Waals surface area contributed by atoms with Gasteiger partial charge in [-0.25, -0.2) is 12.8 Å². The van der Waals surface area contributed by atoms with Crippen molar-refractivity contribution in [2.45, 2.75) is 23.4 Å². The summed E-state index contributed by atoms with van der Waals surface area (Å²) in [5, 5.41) is 2.50. The molecule has 1 aromatic rings. The summed E-state index contributed by atoms with van der Waals surface area (Å²) < 4.78 is 73.2. The minimum absolute atomic E-state index is 0.328. The minimum atomic E-state index is -5.62. The lowest BCUT2D eigenvalue weighted by Gasteiger charge is -2.16. The van der Waals surface area contributed by atoms with E-state index in [1.54, 1.807) is 6.92 Å². The monoisotopic (exact) mass is 297 g/mol. The molecule has 0 aliphatic rings. The summed E-state index contributed by atoms with van der Waals surface area (Å²) in [6.45, 7) is 4.96. The third kappa shape index (κ3) is 3.25. The standard InChI is InChI=1S/C11H11F4NO2S/c1-3-7(2)16-9-5-4-8(12)6-10(9)19(17,18)11(13,14)15/h3-7,16H,1H2,2H3. The van der Waals surface area contributed by atoms with Gasteiger partial charge in [-0.3, -0.25) is 0 Å². The van der Waals surface area contributed by atoms with Crippen LogP contribution in [0.2, 0.25) is 0 Å². The lowest BCUT2D eigenvalue weighted by atomic mass is 10.2. The van der Waals surface area contributed by atoms with Crippen molar-refractivity contribution < 1.29 is 26.0 Å². The number of hydrogen-bond donors (Lipinski definition) is 1. The molecule has 0 bridgehead atoms. The molecule has 1 atom stereocenters. The highest BCUT2D eigenvalue weighted by molar-refractivity contribution is 7.92. The predicted octanol–water partition coefficient (Wildman–Crippen LogP) is 3.11. The van der Waals surface area contributed by atoms with Crippen LogP contribution in [-0.4, -0.2) is 20.0 Å². The average molecular weight is 297 g/mol. The van der Waals surface area contributed by atoms with Crippen molar-refractivity contribution in [3.05, 3.63) is 36.7 Å². The maximum atomic E-state index is 13.0. The smallest absolute Gasteiger partial charge is 0.378 e. The Kier molecular flexibility index (Phi) is 4.24. The van der Waals surface area contributed by atoms with Gasteiger partial charge in [0.2, 0.25) is 0 Å². The Morgan fingerprint density at radius 3 is 2.42 bits per heavy atom. The van der Waals surface area contributed by atoms with Crippen molar-refractivity contribution in [2.24, 2.45) is 0 Å². The maximum absolute atomic E-state index is 13.0. The van der Waals surface area contributed by atoms with Gasteiger partial charge >= 0.3 is 5.51 Å². The minimum Gasteiger partial charge on any atom is -0.378 e. The predicted molar refractivity (Wildman–Crippen MR) is 62.9 cm³/mol. The van der Waals surface area contributed by atoms with Crippen molar-refractivity contribution in [2.75, 3.05) is 5.32 Å². The van der Waals surface area contributed by atoms with E-state index in [4.69, 9.17) is 0 Å². The van der Waals surface area contributed by atoms with Gasteiger partial charge < -0.3 is 5.32 Å². The van der Waals surface area contributed by atoms with E-state index in [2.05, 4.69) is 11.9 Å². The fourth-order valence-electron chi connectivity index (χ4n) is 1.27. The Morgan fingerprint density at radius 1 is 1.37 bits per heavy atom. The molecule has 1 N–H and O–H groups in total. The molecule has 0 radical (unpaired) electrons. The fraction of sp³-hybridized carbons (Fsp3) is 0.273. The van der Waals surface area contributed by atoms with E-state index in [-0.39, 0.29) is 5.69 Å². The number of nitrogens with one attached hydrogen (secondary N) is 1. The number of sulfone groups is 1. The highest BCUT2D eigenvalue weighted by Crippen LogP contribution is 2.35. The molecule has 0 saturated heterocycles. The van der Waals surface area contributed by atoms with Crippen LogP contribution < -0.4 is 5.32 Å². The van der Waals surface area contributed by atoms with E-state index in [1.165, 1.54) is 6.08 Å². The molecule has 106 valence electrons. The second-order valence-corrected chi connectivity index (χ2v) is 5.67. The van der Waals surface area contributed by atoms with Gasteiger partial charge in [-0.15, -0.1) is 6.58 Å². The molecule has 0 aliphatic carbocycles. The lowest BCUT2D eigenvalue weighted by molar-refractivity contribution is -0.0435. The quantitative estimate of drug-likeness (QED) is 0.686. The highest BCUT2D eigenvalue weighted by atomic mass is 32.2. The Labute approximate surface area is 107 Å². The number of hydrogen-bond acceptors (Lipinski definition) is 3. The summed E-state index contributed by atoms with van der Waals surface area (Å²) in [6, 6.07) is 1.66. The van der Waals surface area contributed by atoms with Crippen molar-refractivity contribution in [1.82, 2.24) is 0 Å². The largest absolute Gasteiger partial charge is 0.501 e. The Bertz CT molecular complexity index is 581. The Balaban J connectivity index is 3.41. The van der Waals surface area contributed by atoms with Crippen LogP contribution in [-0.2, 0) is 9.84 Å². The highest BCUT2D eigenvalue weighted by Gasteiger charge is 2.48. The number of alkyl halides is 3. The van der Waals surface area contributed by atoms with Crippen molar-refractivity contribution in [3.8, 4) is 0 Å². The molecule has 0 saturated carbocycles. The summed E-state index contributed by atoms with van der Waals surface area (Å²) in [5.74, 6) is -1.07. The first-order chi connectivity index (χ1) is 8.59. The van der Waals surface area contributed by atoms with E-state index in [1.807, 2.05) is 0 Å². The fourth-order valence-corrected chi connectivity index (χ4v) is 2.20. The molecule has 8 heteroatoms. The Hall–Kier alpha value is -1.57.